The van der Waals surface area contributed by atoms with E-state index < -0.39 is 5.60 Å². The molecule has 2 heterocycles. The average molecular weight is 270 g/mol. The molecule has 0 aromatic rings. The van der Waals surface area contributed by atoms with Crippen molar-refractivity contribution in [1.29, 1.82) is 0 Å². The van der Waals surface area contributed by atoms with Crippen LogP contribution in [0.2, 0.25) is 0 Å². The first-order valence-corrected chi connectivity index (χ1v) is 7.25. The van der Waals surface area contributed by atoms with Gasteiger partial charge in [-0.1, -0.05) is 0 Å². The molecule has 0 bridgehead atoms. The fourth-order valence-electron chi connectivity index (χ4n) is 2.70. The zero-order valence-electron chi connectivity index (χ0n) is 12.3. The van der Waals surface area contributed by atoms with Gasteiger partial charge in [-0.05, 0) is 39.5 Å². The Balaban J connectivity index is 1.77. The number of hydrogen-bond acceptors (Lipinski definition) is 4. The van der Waals surface area contributed by atoms with E-state index >= 15 is 0 Å². The number of rotatable bonds is 1. The van der Waals surface area contributed by atoms with Crippen LogP contribution in [0.5, 0.6) is 0 Å². The zero-order valence-corrected chi connectivity index (χ0v) is 12.3. The molecule has 2 aliphatic rings. The summed E-state index contributed by atoms with van der Waals surface area (Å²) < 4.78 is 10.9. The number of piperidine rings is 1. The van der Waals surface area contributed by atoms with Gasteiger partial charge in [0.25, 0.3) is 0 Å². The third-order valence-electron chi connectivity index (χ3n) is 3.71. The van der Waals surface area contributed by atoms with Gasteiger partial charge in [0.1, 0.15) is 5.60 Å². The Morgan fingerprint density at radius 3 is 2.53 bits per heavy atom. The van der Waals surface area contributed by atoms with Crippen LogP contribution < -0.4 is 5.32 Å². The topological polar surface area (TPSA) is 50.8 Å². The Labute approximate surface area is 115 Å². The molecule has 0 aliphatic carbocycles. The van der Waals surface area contributed by atoms with E-state index in [-0.39, 0.29) is 6.09 Å². The molecule has 0 aromatic heterocycles. The van der Waals surface area contributed by atoms with E-state index in [1.54, 1.807) is 0 Å². The van der Waals surface area contributed by atoms with Crippen LogP contribution >= 0.6 is 0 Å². The molecule has 0 saturated carbocycles. The summed E-state index contributed by atoms with van der Waals surface area (Å²) in [5, 5.41) is 3.51. The second-order valence-electron chi connectivity index (χ2n) is 6.44. The fourth-order valence-corrected chi connectivity index (χ4v) is 2.70. The van der Waals surface area contributed by atoms with Crippen LogP contribution in [0.4, 0.5) is 4.79 Å². The molecule has 1 N–H and O–H groups in total. The zero-order chi connectivity index (χ0) is 13.9. The smallest absolute Gasteiger partial charge is 0.410 e. The van der Waals surface area contributed by atoms with Crippen LogP contribution in [0.25, 0.3) is 0 Å². The van der Waals surface area contributed by atoms with Crippen molar-refractivity contribution >= 4 is 6.09 Å². The predicted molar refractivity (Wildman–Crippen MR) is 73.1 cm³/mol. The summed E-state index contributed by atoms with van der Waals surface area (Å²) in [6.45, 7) is 9.85. The van der Waals surface area contributed by atoms with Crippen molar-refractivity contribution in [2.75, 3.05) is 32.8 Å². The average Bonchev–Trinajstić information content (AvgIpc) is 2.38. The summed E-state index contributed by atoms with van der Waals surface area (Å²) in [4.78, 5) is 13.8. The molecule has 2 fully saturated rings. The minimum Gasteiger partial charge on any atom is -0.444 e. The maximum absolute atomic E-state index is 12.0. The predicted octanol–water partition coefficient (Wildman–Crippen LogP) is 1.62. The first kappa shape index (κ1) is 14.6. The van der Waals surface area contributed by atoms with Gasteiger partial charge < -0.3 is 19.7 Å². The second-order valence-corrected chi connectivity index (χ2v) is 6.44. The van der Waals surface area contributed by atoms with Gasteiger partial charge in [-0.2, -0.15) is 0 Å². The number of morpholine rings is 1. The number of ether oxygens (including phenoxy) is 2. The lowest BCUT2D eigenvalue weighted by atomic mass is 9.89. The number of carbonyl (C=O) groups excluding carboxylic acids is 1. The third-order valence-corrected chi connectivity index (χ3v) is 3.71. The van der Waals surface area contributed by atoms with E-state index in [1.165, 1.54) is 0 Å². The van der Waals surface area contributed by atoms with Gasteiger partial charge in [-0.3, -0.25) is 0 Å². The molecule has 2 saturated heterocycles. The third kappa shape index (κ3) is 4.35. The normalized spacial score (nSPS) is 26.3. The molecule has 5 heteroatoms. The Morgan fingerprint density at radius 1 is 1.32 bits per heavy atom. The Hall–Kier alpha value is -0.810. The monoisotopic (exact) mass is 270 g/mol. The lowest BCUT2D eigenvalue weighted by Crippen LogP contribution is -2.50. The number of amides is 1. The molecule has 0 radical (unpaired) electrons. The molecule has 0 aromatic carbocycles. The quantitative estimate of drug-likeness (QED) is 0.786. The lowest BCUT2D eigenvalue weighted by Gasteiger charge is -2.38. The summed E-state index contributed by atoms with van der Waals surface area (Å²) in [6.07, 6.45) is 1.87. The largest absolute Gasteiger partial charge is 0.444 e. The molecule has 1 atom stereocenters. The summed E-state index contributed by atoms with van der Waals surface area (Å²) in [5.41, 5.74) is -0.410. The highest BCUT2D eigenvalue weighted by molar-refractivity contribution is 5.68. The van der Waals surface area contributed by atoms with Crippen molar-refractivity contribution < 1.29 is 14.3 Å². The molecule has 2 aliphatic heterocycles. The van der Waals surface area contributed by atoms with Crippen molar-refractivity contribution in [1.82, 2.24) is 10.2 Å². The van der Waals surface area contributed by atoms with Crippen LogP contribution in [0.1, 0.15) is 33.6 Å². The van der Waals surface area contributed by atoms with Crippen molar-refractivity contribution in [3.63, 3.8) is 0 Å². The Morgan fingerprint density at radius 2 is 2.00 bits per heavy atom. The van der Waals surface area contributed by atoms with Crippen LogP contribution in [0.15, 0.2) is 0 Å². The molecule has 5 nitrogen and oxygen atoms in total. The summed E-state index contributed by atoms with van der Waals surface area (Å²) in [5.74, 6) is 0.610. The first-order valence-electron chi connectivity index (χ1n) is 7.25. The number of likely N-dealkylation sites (tertiary alicyclic amines) is 1. The van der Waals surface area contributed by atoms with E-state index in [0.29, 0.717) is 12.0 Å². The Bertz CT molecular complexity index is 300. The molecular weight excluding hydrogens is 244 g/mol. The molecule has 19 heavy (non-hydrogen) atoms. The maximum atomic E-state index is 12.0. The van der Waals surface area contributed by atoms with Gasteiger partial charge in [-0.25, -0.2) is 4.79 Å². The van der Waals surface area contributed by atoms with Crippen molar-refractivity contribution in [2.24, 2.45) is 5.92 Å². The molecular formula is C14H26N2O3. The first-order chi connectivity index (χ1) is 8.96. The van der Waals surface area contributed by atoms with Crippen molar-refractivity contribution in [3.8, 4) is 0 Å². The van der Waals surface area contributed by atoms with Crippen molar-refractivity contribution in [3.05, 3.63) is 0 Å². The highest BCUT2D eigenvalue weighted by Gasteiger charge is 2.31. The lowest BCUT2D eigenvalue weighted by molar-refractivity contribution is 0.00913. The van der Waals surface area contributed by atoms with Crippen LogP contribution in [-0.4, -0.2) is 55.5 Å². The highest BCUT2D eigenvalue weighted by Crippen LogP contribution is 2.23. The minimum absolute atomic E-state index is 0.182. The summed E-state index contributed by atoms with van der Waals surface area (Å²) >= 11 is 0. The molecule has 0 unspecified atom stereocenters. The molecule has 1 amide bonds. The second kappa shape index (κ2) is 6.09. The maximum Gasteiger partial charge on any atom is 0.410 e. The standard InChI is InChI=1S/C14H26N2O3/c1-14(2,3)19-13(17)16-7-4-11(5-8-16)12-10-18-9-6-15-12/h11-12,15H,4-10H2,1-3H3/t12-/m0/s1. The number of hydrogen-bond donors (Lipinski definition) is 1. The summed E-state index contributed by atoms with van der Waals surface area (Å²) in [7, 11) is 0. The van der Waals surface area contributed by atoms with E-state index in [2.05, 4.69) is 5.32 Å². The van der Waals surface area contributed by atoms with E-state index in [0.717, 1.165) is 45.7 Å². The van der Waals surface area contributed by atoms with E-state index in [9.17, 15) is 4.79 Å². The number of nitrogens with one attached hydrogen (secondary N) is 1. The van der Waals surface area contributed by atoms with E-state index in [4.69, 9.17) is 9.47 Å². The van der Waals surface area contributed by atoms with Gasteiger partial charge in [0, 0.05) is 25.7 Å². The fraction of sp³-hybridized carbons (Fsp3) is 0.929. The van der Waals surface area contributed by atoms with Crippen LogP contribution in [0.3, 0.4) is 0 Å². The molecule has 0 spiro atoms. The van der Waals surface area contributed by atoms with E-state index in [1.807, 2.05) is 25.7 Å². The van der Waals surface area contributed by atoms with Crippen LogP contribution in [0, 0.1) is 5.92 Å². The number of carbonyl (C=O) groups is 1. The van der Waals surface area contributed by atoms with Gasteiger partial charge in [-0.15, -0.1) is 0 Å². The SMILES string of the molecule is CC(C)(C)OC(=O)N1CCC([C@@H]2COCCN2)CC1. The van der Waals surface area contributed by atoms with Gasteiger partial charge in [0.05, 0.1) is 13.2 Å². The Kier molecular flexibility index (Phi) is 4.68. The summed E-state index contributed by atoms with van der Waals surface area (Å²) in [6, 6.07) is 0.453. The minimum atomic E-state index is -0.410. The number of nitrogens with zero attached hydrogens (tertiary/aromatic N) is 1. The molecule has 2 rings (SSSR count). The highest BCUT2D eigenvalue weighted by atomic mass is 16.6. The van der Waals surface area contributed by atoms with Crippen LogP contribution in [-0.2, 0) is 9.47 Å². The van der Waals surface area contributed by atoms with Gasteiger partial charge in [0.15, 0.2) is 0 Å². The van der Waals surface area contributed by atoms with Crippen molar-refractivity contribution in [2.45, 2.75) is 45.3 Å². The van der Waals surface area contributed by atoms with Gasteiger partial charge >= 0.3 is 6.09 Å². The van der Waals surface area contributed by atoms with Gasteiger partial charge in [0.2, 0.25) is 0 Å². The molecule has 110 valence electrons.